The largest absolute Gasteiger partial charge is 0.0651 e. The summed E-state index contributed by atoms with van der Waals surface area (Å²) in [5.74, 6) is 2.30. The summed E-state index contributed by atoms with van der Waals surface area (Å²) in [4.78, 5) is 0. The average Bonchev–Trinajstić information content (AvgIpc) is 2.35. The monoisotopic (exact) mass is 310 g/mol. The highest BCUT2D eigenvalue weighted by atomic mass is 14.6. The Bertz CT molecular complexity index is 340. The van der Waals surface area contributed by atoms with Gasteiger partial charge in [-0.05, 0) is 45.8 Å². The van der Waals surface area contributed by atoms with E-state index in [0.717, 1.165) is 17.8 Å². The highest BCUT2D eigenvalue weighted by molar-refractivity contribution is 5.05. The molecule has 3 atom stereocenters. The van der Waals surface area contributed by atoms with Crippen molar-refractivity contribution in [1.82, 2.24) is 0 Å². The van der Waals surface area contributed by atoms with Gasteiger partial charge < -0.3 is 0 Å². The molecule has 0 aromatic carbocycles. The molecule has 0 N–H and O–H groups in total. The minimum Gasteiger partial charge on any atom is -0.0651 e. The van der Waals surface area contributed by atoms with E-state index in [1.807, 2.05) is 0 Å². The van der Waals surface area contributed by atoms with E-state index in [1.54, 1.807) is 0 Å². The standard InChI is InChI=1S/C22H46/c1-14-18(16(3)4)17(5)22(13,15-2)21(11,12)20(9,10)19(6,7)8/h16-18H,14-15H2,1-13H3. The van der Waals surface area contributed by atoms with Crippen LogP contribution in [0.4, 0.5) is 0 Å². The number of rotatable bonds is 7. The van der Waals surface area contributed by atoms with Crippen LogP contribution < -0.4 is 0 Å². The normalized spacial score (nSPS) is 19.9. The molecule has 22 heavy (non-hydrogen) atoms. The Kier molecular flexibility index (Phi) is 6.86. The highest BCUT2D eigenvalue weighted by Gasteiger charge is 2.56. The maximum atomic E-state index is 2.57. The maximum absolute atomic E-state index is 2.57. The van der Waals surface area contributed by atoms with Gasteiger partial charge in [-0.25, -0.2) is 0 Å². The molecule has 3 unspecified atom stereocenters. The van der Waals surface area contributed by atoms with E-state index in [0.29, 0.717) is 10.8 Å². The Morgan fingerprint density at radius 2 is 1.09 bits per heavy atom. The number of hydrogen-bond acceptors (Lipinski definition) is 0. The van der Waals surface area contributed by atoms with Crippen LogP contribution in [0.1, 0.15) is 103 Å². The predicted molar refractivity (Wildman–Crippen MR) is 103 cm³/mol. The summed E-state index contributed by atoms with van der Waals surface area (Å²) in [5.41, 5.74) is 1.18. The first-order valence-corrected chi connectivity index (χ1v) is 9.61. The molecule has 0 radical (unpaired) electrons. The molecule has 0 nitrogen and oxygen atoms in total. The zero-order valence-corrected chi connectivity index (χ0v) is 18.1. The Hall–Kier alpha value is 0. The van der Waals surface area contributed by atoms with Crippen LogP contribution in [0.3, 0.4) is 0 Å². The van der Waals surface area contributed by atoms with Gasteiger partial charge in [-0.2, -0.15) is 0 Å². The Morgan fingerprint density at radius 1 is 0.682 bits per heavy atom. The average molecular weight is 311 g/mol. The van der Waals surface area contributed by atoms with Crippen LogP contribution in [0.5, 0.6) is 0 Å². The Labute approximate surface area is 142 Å². The van der Waals surface area contributed by atoms with Crippen molar-refractivity contribution in [3.8, 4) is 0 Å². The fourth-order valence-electron chi connectivity index (χ4n) is 4.86. The summed E-state index contributed by atoms with van der Waals surface area (Å²) in [7, 11) is 0. The lowest BCUT2D eigenvalue weighted by Crippen LogP contribution is -2.55. The predicted octanol–water partition coefficient (Wildman–Crippen LogP) is 7.82. The molecule has 0 aliphatic heterocycles. The van der Waals surface area contributed by atoms with E-state index >= 15 is 0 Å². The first-order valence-electron chi connectivity index (χ1n) is 9.61. The van der Waals surface area contributed by atoms with Crippen molar-refractivity contribution in [1.29, 1.82) is 0 Å². The summed E-state index contributed by atoms with van der Waals surface area (Å²) >= 11 is 0. The van der Waals surface area contributed by atoms with Gasteiger partial charge in [0.25, 0.3) is 0 Å². The third-order valence-electron chi connectivity index (χ3n) is 8.57. The van der Waals surface area contributed by atoms with Gasteiger partial charge in [0.05, 0.1) is 0 Å². The summed E-state index contributed by atoms with van der Waals surface area (Å²) in [5, 5.41) is 0. The highest BCUT2D eigenvalue weighted by Crippen LogP contribution is 2.63. The zero-order valence-electron chi connectivity index (χ0n) is 18.1. The molecular weight excluding hydrogens is 264 g/mol. The van der Waals surface area contributed by atoms with Gasteiger partial charge in [0.15, 0.2) is 0 Å². The van der Waals surface area contributed by atoms with E-state index in [4.69, 9.17) is 0 Å². The molecule has 0 aromatic rings. The fraction of sp³-hybridized carbons (Fsp3) is 1.00. The Balaban J connectivity index is 6.00. The van der Waals surface area contributed by atoms with Crippen LogP contribution in [0, 0.1) is 39.4 Å². The van der Waals surface area contributed by atoms with Crippen molar-refractivity contribution >= 4 is 0 Å². The molecule has 134 valence electrons. The molecule has 0 heteroatoms. The van der Waals surface area contributed by atoms with Crippen LogP contribution >= 0.6 is 0 Å². The maximum Gasteiger partial charge on any atom is -0.0242 e. The summed E-state index contributed by atoms with van der Waals surface area (Å²) < 4.78 is 0. The molecule has 0 rings (SSSR count). The topological polar surface area (TPSA) is 0 Å². The van der Waals surface area contributed by atoms with Crippen LogP contribution in [0.2, 0.25) is 0 Å². The van der Waals surface area contributed by atoms with E-state index < -0.39 is 0 Å². The van der Waals surface area contributed by atoms with E-state index in [2.05, 4.69) is 90.0 Å². The van der Waals surface area contributed by atoms with Crippen molar-refractivity contribution in [2.75, 3.05) is 0 Å². The van der Waals surface area contributed by atoms with Gasteiger partial charge in [0.2, 0.25) is 0 Å². The molecule has 0 bridgehead atoms. The van der Waals surface area contributed by atoms with Crippen molar-refractivity contribution in [3.05, 3.63) is 0 Å². The lowest BCUT2D eigenvalue weighted by molar-refractivity contribution is -0.133. The second kappa shape index (κ2) is 6.86. The van der Waals surface area contributed by atoms with Crippen LogP contribution in [-0.2, 0) is 0 Å². The van der Waals surface area contributed by atoms with Gasteiger partial charge in [-0.3, -0.25) is 0 Å². The van der Waals surface area contributed by atoms with Gasteiger partial charge in [0, 0.05) is 0 Å². The van der Waals surface area contributed by atoms with Crippen molar-refractivity contribution in [3.63, 3.8) is 0 Å². The minimum absolute atomic E-state index is 0.272. The van der Waals surface area contributed by atoms with Crippen LogP contribution in [-0.4, -0.2) is 0 Å². The first-order chi connectivity index (χ1) is 9.61. The molecule has 0 aliphatic rings. The fourth-order valence-corrected chi connectivity index (χ4v) is 4.86. The Morgan fingerprint density at radius 3 is 1.32 bits per heavy atom. The van der Waals surface area contributed by atoms with E-state index in [1.165, 1.54) is 12.8 Å². The van der Waals surface area contributed by atoms with Gasteiger partial charge in [-0.15, -0.1) is 0 Å². The van der Waals surface area contributed by atoms with Crippen LogP contribution in [0.15, 0.2) is 0 Å². The molecule has 0 saturated carbocycles. The molecule has 0 aliphatic carbocycles. The van der Waals surface area contributed by atoms with Gasteiger partial charge >= 0.3 is 0 Å². The van der Waals surface area contributed by atoms with Crippen LogP contribution in [0.25, 0.3) is 0 Å². The second-order valence-electron chi connectivity index (χ2n) is 10.4. The molecule has 0 amide bonds. The van der Waals surface area contributed by atoms with Crippen molar-refractivity contribution < 1.29 is 0 Å². The number of hydrogen-bond donors (Lipinski definition) is 0. The van der Waals surface area contributed by atoms with Gasteiger partial charge in [-0.1, -0.05) is 96.4 Å². The third-order valence-corrected chi connectivity index (χ3v) is 8.57. The lowest BCUT2D eigenvalue weighted by Gasteiger charge is -2.62. The quantitative estimate of drug-likeness (QED) is 0.449. The second-order valence-corrected chi connectivity index (χ2v) is 10.4. The molecule has 0 fully saturated rings. The van der Waals surface area contributed by atoms with E-state index in [9.17, 15) is 0 Å². The van der Waals surface area contributed by atoms with E-state index in [-0.39, 0.29) is 10.8 Å². The molecule has 0 aromatic heterocycles. The third kappa shape index (κ3) is 3.41. The molecular formula is C22H46. The van der Waals surface area contributed by atoms with Crippen molar-refractivity contribution in [2.45, 2.75) is 103 Å². The summed E-state index contributed by atoms with van der Waals surface area (Å²) in [6, 6.07) is 0. The van der Waals surface area contributed by atoms with Crippen molar-refractivity contribution in [2.24, 2.45) is 39.4 Å². The summed E-state index contributed by atoms with van der Waals surface area (Å²) in [6.45, 7) is 32.0. The lowest BCUT2D eigenvalue weighted by atomic mass is 9.43. The molecule has 0 saturated heterocycles. The SMILES string of the molecule is CCC(C(C)C)C(C)C(C)(CC)C(C)(C)C(C)(C)C(C)(C)C. The summed E-state index contributed by atoms with van der Waals surface area (Å²) in [6.07, 6.45) is 2.55. The minimum atomic E-state index is 0.272. The molecule has 0 spiro atoms. The molecule has 0 heterocycles. The first kappa shape index (κ1) is 22.0. The van der Waals surface area contributed by atoms with Gasteiger partial charge in [0.1, 0.15) is 0 Å². The smallest absolute Gasteiger partial charge is 0.0242 e. The zero-order chi connectivity index (χ0) is 18.1.